The molecule has 2 N–H and O–H groups in total. The van der Waals surface area contributed by atoms with Gasteiger partial charge in [-0.25, -0.2) is 13.1 Å². The fourth-order valence-corrected chi connectivity index (χ4v) is 4.00. The molecule has 0 fully saturated rings. The highest BCUT2D eigenvalue weighted by Gasteiger charge is 2.15. The molecular weight excluding hydrogens is 336 g/mol. The average Bonchev–Trinajstić information content (AvgIpc) is 3.02. The highest BCUT2D eigenvalue weighted by Crippen LogP contribution is 2.24. The summed E-state index contributed by atoms with van der Waals surface area (Å²) in [5.41, 5.74) is 4.40. The summed E-state index contributed by atoms with van der Waals surface area (Å²) in [7, 11) is -3.58. The first kappa shape index (κ1) is 17.6. The Labute approximate surface area is 148 Å². The van der Waals surface area contributed by atoms with E-state index in [2.05, 4.69) is 16.1 Å². The Balaban J connectivity index is 1.51. The van der Waals surface area contributed by atoms with Gasteiger partial charge in [0.25, 0.3) is 0 Å². The number of carbonyl (C=O) groups excluding carboxylic acids is 1. The maximum atomic E-state index is 12.2. The highest BCUT2D eigenvalue weighted by molar-refractivity contribution is 7.89. The molecule has 0 heterocycles. The third kappa shape index (κ3) is 4.46. The molecule has 3 rings (SSSR count). The Kier molecular flexibility index (Phi) is 5.20. The SMILES string of the molecule is Cc1ccc(S(=O)(=O)NCCC(=O)Nc2ccc3c(c2)CCC3)cc1. The number of hydrogen-bond acceptors (Lipinski definition) is 3. The third-order valence-corrected chi connectivity index (χ3v) is 5.83. The van der Waals surface area contributed by atoms with E-state index in [0.29, 0.717) is 0 Å². The van der Waals surface area contributed by atoms with Crippen LogP contribution in [0.3, 0.4) is 0 Å². The molecule has 0 bridgehead atoms. The second kappa shape index (κ2) is 7.37. The van der Waals surface area contributed by atoms with Crippen molar-refractivity contribution in [3.63, 3.8) is 0 Å². The molecule has 2 aromatic rings. The van der Waals surface area contributed by atoms with Gasteiger partial charge in [-0.3, -0.25) is 4.79 Å². The Morgan fingerprint density at radius 3 is 2.52 bits per heavy atom. The quantitative estimate of drug-likeness (QED) is 0.834. The zero-order valence-electron chi connectivity index (χ0n) is 14.2. The molecule has 0 radical (unpaired) electrons. The number of amides is 1. The Bertz CT molecular complexity index is 874. The normalized spacial score (nSPS) is 13.5. The predicted octanol–water partition coefficient (Wildman–Crippen LogP) is 2.79. The molecule has 1 amide bonds. The van der Waals surface area contributed by atoms with Crippen LogP contribution in [0.15, 0.2) is 47.4 Å². The summed E-state index contributed by atoms with van der Waals surface area (Å²) in [4.78, 5) is 12.2. The van der Waals surface area contributed by atoms with Crippen LogP contribution in [0.4, 0.5) is 5.69 Å². The molecule has 0 saturated heterocycles. The van der Waals surface area contributed by atoms with Gasteiger partial charge in [-0.2, -0.15) is 0 Å². The number of sulfonamides is 1. The van der Waals surface area contributed by atoms with Crippen molar-refractivity contribution < 1.29 is 13.2 Å². The molecule has 2 aromatic carbocycles. The average molecular weight is 358 g/mol. The molecule has 0 unspecified atom stereocenters. The van der Waals surface area contributed by atoms with Crippen LogP contribution >= 0.6 is 0 Å². The van der Waals surface area contributed by atoms with E-state index in [9.17, 15) is 13.2 Å². The molecule has 0 aliphatic heterocycles. The summed E-state index contributed by atoms with van der Waals surface area (Å²) in [5, 5.41) is 2.83. The van der Waals surface area contributed by atoms with E-state index in [-0.39, 0.29) is 23.8 Å². The second-order valence-corrected chi connectivity index (χ2v) is 8.11. The fourth-order valence-electron chi connectivity index (χ4n) is 2.97. The van der Waals surface area contributed by atoms with Crippen molar-refractivity contribution in [2.45, 2.75) is 37.5 Å². The van der Waals surface area contributed by atoms with Gasteiger partial charge in [0.1, 0.15) is 0 Å². The van der Waals surface area contributed by atoms with Crippen molar-refractivity contribution in [1.29, 1.82) is 0 Å². The molecule has 132 valence electrons. The lowest BCUT2D eigenvalue weighted by atomic mass is 10.1. The number of anilines is 1. The topological polar surface area (TPSA) is 75.3 Å². The number of nitrogens with one attached hydrogen (secondary N) is 2. The molecule has 1 aliphatic rings. The molecule has 0 saturated carbocycles. The molecule has 0 spiro atoms. The first-order valence-corrected chi connectivity index (χ1v) is 9.90. The summed E-state index contributed by atoms with van der Waals surface area (Å²) >= 11 is 0. The lowest BCUT2D eigenvalue weighted by molar-refractivity contribution is -0.116. The number of aryl methyl sites for hydroxylation is 3. The maximum absolute atomic E-state index is 12.2. The van der Waals surface area contributed by atoms with E-state index in [1.165, 1.54) is 11.1 Å². The zero-order chi connectivity index (χ0) is 17.9. The van der Waals surface area contributed by atoms with Crippen LogP contribution in [0.5, 0.6) is 0 Å². The van der Waals surface area contributed by atoms with Gasteiger partial charge in [0, 0.05) is 18.7 Å². The van der Waals surface area contributed by atoms with Gasteiger partial charge >= 0.3 is 0 Å². The molecule has 0 atom stereocenters. The Morgan fingerprint density at radius 1 is 1.04 bits per heavy atom. The van der Waals surface area contributed by atoms with E-state index < -0.39 is 10.0 Å². The molecule has 5 nitrogen and oxygen atoms in total. The lowest BCUT2D eigenvalue weighted by Gasteiger charge is -2.09. The van der Waals surface area contributed by atoms with Crippen molar-refractivity contribution in [2.24, 2.45) is 0 Å². The monoisotopic (exact) mass is 358 g/mol. The Hall–Kier alpha value is -2.18. The van der Waals surface area contributed by atoms with Gasteiger partial charge in [0.05, 0.1) is 4.90 Å². The Morgan fingerprint density at radius 2 is 1.76 bits per heavy atom. The first-order valence-electron chi connectivity index (χ1n) is 8.42. The van der Waals surface area contributed by atoms with Crippen LogP contribution in [0, 0.1) is 6.92 Å². The minimum atomic E-state index is -3.58. The van der Waals surface area contributed by atoms with Gasteiger partial charge in [-0.15, -0.1) is 0 Å². The summed E-state index contributed by atoms with van der Waals surface area (Å²) < 4.78 is 26.8. The zero-order valence-corrected chi connectivity index (χ0v) is 15.0. The van der Waals surface area contributed by atoms with Gasteiger partial charge in [0.15, 0.2) is 0 Å². The van der Waals surface area contributed by atoms with Crippen molar-refractivity contribution in [2.75, 3.05) is 11.9 Å². The molecule has 6 heteroatoms. The minimum Gasteiger partial charge on any atom is -0.326 e. The summed E-state index contributed by atoms with van der Waals surface area (Å²) in [5.74, 6) is -0.204. The predicted molar refractivity (Wildman–Crippen MR) is 98.1 cm³/mol. The van der Waals surface area contributed by atoms with Gasteiger partial charge in [-0.05, 0) is 61.6 Å². The minimum absolute atomic E-state index is 0.0625. The van der Waals surface area contributed by atoms with Gasteiger partial charge in [0.2, 0.25) is 15.9 Å². The van der Waals surface area contributed by atoms with Crippen LogP contribution in [-0.2, 0) is 27.7 Å². The van der Waals surface area contributed by atoms with Crippen molar-refractivity contribution in [3.8, 4) is 0 Å². The van der Waals surface area contributed by atoms with Crippen LogP contribution < -0.4 is 10.0 Å². The number of hydrogen-bond donors (Lipinski definition) is 2. The van der Waals surface area contributed by atoms with E-state index >= 15 is 0 Å². The number of benzene rings is 2. The second-order valence-electron chi connectivity index (χ2n) is 6.35. The van der Waals surface area contributed by atoms with Crippen molar-refractivity contribution in [3.05, 3.63) is 59.2 Å². The van der Waals surface area contributed by atoms with E-state index in [0.717, 1.165) is 30.5 Å². The largest absolute Gasteiger partial charge is 0.326 e. The van der Waals surface area contributed by atoms with Gasteiger partial charge in [-0.1, -0.05) is 23.8 Å². The van der Waals surface area contributed by atoms with E-state index in [4.69, 9.17) is 0 Å². The smallest absolute Gasteiger partial charge is 0.240 e. The standard InChI is InChI=1S/C19H22N2O3S/c1-14-5-9-18(10-6-14)25(23,24)20-12-11-19(22)21-17-8-7-15-3-2-4-16(15)13-17/h5-10,13,20H,2-4,11-12H2,1H3,(H,21,22). The van der Waals surface area contributed by atoms with Gasteiger partial charge < -0.3 is 5.32 Å². The number of rotatable bonds is 6. The molecular formula is C19H22N2O3S. The van der Waals surface area contributed by atoms with Crippen molar-refractivity contribution in [1.82, 2.24) is 4.72 Å². The van der Waals surface area contributed by atoms with E-state index in [1.807, 2.05) is 19.1 Å². The maximum Gasteiger partial charge on any atom is 0.240 e. The molecule has 25 heavy (non-hydrogen) atoms. The van der Waals surface area contributed by atoms with Crippen LogP contribution in [0.25, 0.3) is 0 Å². The first-order chi connectivity index (χ1) is 11.9. The van der Waals surface area contributed by atoms with E-state index in [1.54, 1.807) is 24.3 Å². The summed E-state index contributed by atoms with van der Waals surface area (Å²) in [6.45, 7) is 1.96. The lowest BCUT2D eigenvalue weighted by Crippen LogP contribution is -2.27. The molecule has 0 aromatic heterocycles. The molecule has 1 aliphatic carbocycles. The van der Waals surface area contributed by atoms with Crippen LogP contribution in [-0.4, -0.2) is 20.9 Å². The van der Waals surface area contributed by atoms with Crippen LogP contribution in [0.1, 0.15) is 29.5 Å². The van der Waals surface area contributed by atoms with Crippen molar-refractivity contribution >= 4 is 21.6 Å². The fraction of sp³-hybridized carbons (Fsp3) is 0.316. The summed E-state index contributed by atoms with van der Waals surface area (Å²) in [6, 6.07) is 12.6. The third-order valence-electron chi connectivity index (χ3n) is 4.36. The number of fused-ring (bicyclic) bond motifs is 1. The summed E-state index contributed by atoms with van der Waals surface area (Å²) in [6.07, 6.45) is 3.40. The number of carbonyl (C=O) groups is 1. The van der Waals surface area contributed by atoms with Crippen LogP contribution in [0.2, 0.25) is 0 Å². The highest BCUT2D eigenvalue weighted by atomic mass is 32.2.